The minimum absolute atomic E-state index is 0.131. The quantitative estimate of drug-likeness (QED) is 0.0288. The number of unbranched alkanes of at least 4 members (excludes halogenated alkanes) is 31. The van der Waals surface area contributed by atoms with Gasteiger partial charge in [-0.3, -0.25) is 0 Å². The summed E-state index contributed by atoms with van der Waals surface area (Å²) in [5, 5.41) is 0. The zero-order chi connectivity index (χ0) is 60.7. The third kappa shape index (κ3) is 17.1. The predicted molar refractivity (Wildman–Crippen MR) is 377 cm³/mol. The van der Waals surface area contributed by atoms with E-state index in [0.29, 0.717) is 22.3 Å². The van der Waals surface area contributed by atoms with Crippen LogP contribution in [0.1, 0.15) is 340 Å². The molecule has 0 fully saturated rings. The van der Waals surface area contributed by atoms with E-state index in [9.17, 15) is 0 Å². The molecule has 10 heteroatoms. The number of halogens is 2. The maximum absolute atomic E-state index is 20.5. The first kappa shape index (κ1) is 71.2. The van der Waals surface area contributed by atoms with Crippen molar-refractivity contribution in [3.8, 4) is 22.3 Å². The third-order valence-corrected chi connectivity index (χ3v) is 43.5. The van der Waals surface area contributed by atoms with Gasteiger partial charge in [0.1, 0.15) is 0 Å². The van der Waals surface area contributed by atoms with Gasteiger partial charge < -0.3 is 0 Å². The van der Waals surface area contributed by atoms with E-state index in [0.717, 1.165) is 110 Å². The van der Waals surface area contributed by atoms with Gasteiger partial charge in [-0.1, -0.05) is 53.4 Å². The van der Waals surface area contributed by atoms with Gasteiger partial charge in [-0.05, 0) is 0 Å². The molecule has 0 saturated carbocycles. The summed E-state index contributed by atoms with van der Waals surface area (Å²) >= 11 is -3.61. The minimum Gasteiger partial charge on any atom is -0.0654 e. The van der Waals surface area contributed by atoms with Gasteiger partial charge in [0.15, 0.2) is 0 Å². The molecule has 7 rings (SSSR count). The molecule has 2 aliphatic rings. The SMILES string of the molecule is CCCCCCCCCCC1(CCCCCCCCCC)c2c[c]([Sn]([CH3])([CH3])[CH3])c3nsnc3c2-c2c(F)c3c(c(F)c21)-c1c(c[c]([Sn]([CH2]CCC)([CH2]CCC)[CH2]CCC)c2nsnc12)C3(CCCCCCCCCC)CCCCCCCCCC. The van der Waals surface area contributed by atoms with Crippen LogP contribution in [0.2, 0.25) is 28.1 Å². The van der Waals surface area contributed by atoms with E-state index in [-0.39, 0.29) is 11.6 Å². The van der Waals surface area contributed by atoms with E-state index >= 15 is 8.78 Å². The third-order valence-electron chi connectivity index (χ3n) is 21.2. The van der Waals surface area contributed by atoms with Crippen molar-refractivity contribution in [3.05, 3.63) is 46.0 Å². The average molecular weight is 1420 g/mol. The molecule has 476 valence electrons. The molecule has 0 aliphatic heterocycles. The Morgan fingerprint density at radius 3 is 0.882 bits per heavy atom. The molecule has 5 aromatic rings. The van der Waals surface area contributed by atoms with Gasteiger partial charge in [0.05, 0.1) is 0 Å². The Balaban J connectivity index is 1.54. The second-order valence-electron chi connectivity index (χ2n) is 28.6. The summed E-state index contributed by atoms with van der Waals surface area (Å²) in [6, 6.07) is 5.20. The fourth-order valence-electron chi connectivity index (χ4n) is 16.3. The topological polar surface area (TPSA) is 51.6 Å². The summed E-state index contributed by atoms with van der Waals surface area (Å²) in [5.41, 5.74) is 9.18. The van der Waals surface area contributed by atoms with Crippen molar-refractivity contribution in [1.82, 2.24) is 17.5 Å². The predicted octanol–water partition coefficient (Wildman–Crippen LogP) is 25.2. The summed E-state index contributed by atoms with van der Waals surface area (Å²) in [5.74, 6) is -0.262. The second-order valence-corrected chi connectivity index (χ2v) is 57.2. The molecule has 2 aliphatic carbocycles. The van der Waals surface area contributed by atoms with Gasteiger partial charge in [0, 0.05) is 0 Å². The van der Waals surface area contributed by atoms with Gasteiger partial charge in [-0.15, -0.1) is 0 Å². The first-order chi connectivity index (χ1) is 41.4. The monoisotopic (exact) mass is 1420 g/mol. The van der Waals surface area contributed by atoms with Crippen LogP contribution in [0, 0.1) is 11.6 Å². The van der Waals surface area contributed by atoms with Crippen LogP contribution in [0.15, 0.2) is 12.1 Å². The Morgan fingerprint density at radius 2 is 0.588 bits per heavy atom. The van der Waals surface area contributed by atoms with Crippen molar-refractivity contribution >= 4 is 89.4 Å². The molecule has 0 N–H and O–H groups in total. The number of fused-ring (bicyclic) bond motifs is 10. The molecular weight excluding hydrogens is 1300 g/mol. The molecule has 0 bridgehead atoms. The Bertz CT molecular complexity index is 2710. The van der Waals surface area contributed by atoms with E-state index in [1.807, 2.05) is 0 Å². The van der Waals surface area contributed by atoms with Crippen LogP contribution in [0.25, 0.3) is 44.3 Å². The summed E-state index contributed by atoms with van der Waals surface area (Å²) in [6.45, 7) is 16.4. The van der Waals surface area contributed by atoms with Crippen molar-refractivity contribution in [3.63, 3.8) is 0 Å². The van der Waals surface area contributed by atoms with Crippen LogP contribution < -0.4 is 7.16 Å². The summed E-state index contributed by atoms with van der Waals surface area (Å²) in [7, 11) is 0. The molecule has 0 unspecified atom stereocenters. The molecule has 2 aromatic heterocycles. The minimum atomic E-state index is -3.29. The molecule has 85 heavy (non-hydrogen) atoms. The molecule has 0 atom stereocenters. The molecule has 0 amide bonds. The number of nitrogens with zero attached hydrogens (tertiary/aromatic N) is 4. The van der Waals surface area contributed by atoms with Crippen LogP contribution in [-0.2, 0) is 10.8 Å². The van der Waals surface area contributed by atoms with Gasteiger partial charge in [-0.2, -0.15) is 0 Å². The summed E-state index contributed by atoms with van der Waals surface area (Å²) < 4.78 is 69.2. The van der Waals surface area contributed by atoms with Crippen molar-refractivity contribution in [1.29, 1.82) is 0 Å². The number of rotatable bonds is 47. The van der Waals surface area contributed by atoms with E-state index < -0.39 is 47.6 Å². The number of hydrogen-bond acceptors (Lipinski definition) is 6. The normalized spacial score (nSPS) is 14.3. The number of hydrogen-bond donors (Lipinski definition) is 0. The molecule has 0 spiro atoms. The molecular formula is C75H122F2N4S2Sn2. The van der Waals surface area contributed by atoms with Crippen LogP contribution in [0.4, 0.5) is 8.78 Å². The van der Waals surface area contributed by atoms with E-state index in [2.05, 4.69) is 75.4 Å². The van der Waals surface area contributed by atoms with Gasteiger partial charge in [-0.25, -0.2) is 0 Å². The number of aromatic nitrogens is 4. The van der Waals surface area contributed by atoms with Crippen LogP contribution in [-0.4, -0.2) is 54.2 Å². The number of benzene rings is 3. The Labute approximate surface area is 536 Å². The standard InChI is InChI=1S/C60H86F2N4S2.3C4H9.3CH3.2Sn/c1-5-9-13-17-21-25-29-33-41-59(42-34-30-26-22-18-14-10-6-2)45-37-39-47-57(65-67-63-47)49(45)51-53(59)55(61)52-50-46(38-40-48-58(50)66-68-64-48)60(54(52)56(51)62,43-35-31-27-23-19-15-11-7-3)44-36-32-28-24-20-16-12-8-4;3*1-3-4-2;;;;;/h37-38H,5-36,41-44H2,1-4H3;3*1,3-4H2,2H3;3*1H3;;. The first-order valence-electron chi connectivity index (χ1n) is 36.6. The van der Waals surface area contributed by atoms with Crippen LogP contribution in [0.3, 0.4) is 0 Å². The first-order valence-corrected chi connectivity index (χ1v) is 55.5. The fraction of sp³-hybridized carbons (Fsp3) is 0.760. The zero-order valence-electron chi connectivity index (χ0n) is 56.3. The van der Waals surface area contributed by atoms with Crippen LogP contribution >= 0.6 is 23.5 Å². The van der Waals surface area contributed by atoms with Crippen molar-refractivity contribution in [2.75, 3.05) is 0 Å². The molecule has 4 nitrogen and oxygen atoms in total. The Kier molecular flexibility index (Phi) is 30.3. The smallest absolute Gasteiger partial charge is 0.0654 e. The average Bonchev–Trinajstić information content (AvgIpc) is 1.51. The molecule has 0 saturated heterocycles. The van der Waals surface area contributed by atoms with Gasteiger partial charge in [0.2, 0.25) is 0 Å². The van der Waals surface area contributed by atoms with Crippen molar-refractivity contribution < 1.29 is 8.78 Å². The van der Waals surface area contributed by atoms with Crippen molar-refractivity contribution in [2.45, 2.75) is 357 Å². The molecule has 3 aromatic carbocycles. The van der Waals surface area contributed by atoms with E-state index in [4.69, 9.17) is 17.5 Å². The van der Waals surface area contributed by atoms with Crippen LogP contribution in [0.5, 0.6) is 0 Å². The zero-order valence-corrected chi connectivity index (χ0v) is 63.7. The van der Waals surface area contributed by atoms with E-state index in [1.165, 1.54) is 244 Å². The molecule has 2 heterocycles. The fourth-order valence-corrected chi connectivity index (χ4v) is 38.6. The van der Waals surface area contributed by atoms with Crippen molar-refractivity contribution in [2.24, 2.45) is 0 Å². The van der Waals surface area contributed by atoms with E-state index in [1.54, 1.807) is 3.58 Å². The second kappa shape index (κ2) is 36.1. The molecule has 0 radical (unpaired) electrons. The Morgan fingerprint density at radius 1 is 0.329 bits per heavy atom. The van der Waals surface area contributed by atoms with Gasteiger partial charge >= 0.3 is 488 Å². The Hall–Kier alpha value is -1.24. The maximum atomic E-state index is 20.5. The summed E-state index contributed by atoms with van der Waals surface area (Å²) in [4.78, 5) is 7.50. The van der Waals surface area contributed by atoms with Gasteiger partial charge in [0.25, 0.3) is 0 Å². The summed E-state index contributed by atoms with van der Waals surface area (Å²) in [6.07, 6.45) is 49.6.